The fraction of sp³-hybridized carbons (Fsp3) is 0.600. The number of amides is 1. The summed E-state index contributed by atoms with van der Waals surface area (Å²) in [5.74, 6) is 0.295. The van der Waals surface area contributed by atoms with Crippen molar-refractivity contribution in [1.29, 1.82) is 0 Å². The van der Waals surface area contributed by atoms with Crippen LogP contribution in [0.5, 0.6) is 0 Å². The summed E-state index contributed by atoms with van der Waals surface area (Å²) in [4.78, 5) is 23.0. The number of primary amides is 1. The molecule has 0 aliphatic carbocycles. The van der Waals surface area contributed by atoms with Crippen LogP contribution in [-0.2, 0) is 4.84 Å². The first kappa shape index (κ1) is 17.8. The minimum absolute atomic E-state index is 0.107. The zero-order valence-electron chi connectivity index (χ0n) is 14.2. The fourth-order valence-electron chi connectivity index (χ4n) is 2.33. The van der Waals surface area contributed by atoms with Gasteiger partial charge in [-0.1, -0.05) is 0 Å². The third kappa shape index (κ3) is 5.25. The van der Waals surface area contributed by atoms with E-state index in [1.165, 1.54) is 6.20 Å². The third-order valence-electron chi connectivity index (χ3n) is 3.50. The second kappa shape index (κ2) is 7.33. The molecule has 24 heavy (non-hydrogen) atoms. The van der Waals surface area contributed by atoms with E-state index in [4.69, 9.17) is 10.6 Å². The van der Waals surface area contributed by atoms with E-state index in [9.17, 15) is 10.0 Å². The Morgan fingerprint density at radius 1 is 1.46 bits per heavy atom. The maximum Gasteiger partial charge on any atom is 0.250 e. The van der Waals surface area contributed by atoms with E-state index < -0.39 is 5.91 Å². The van der Waals surface area contributed by atoms with Gasteiger partial charge in [-0.3, -0.25) is 4.79 Å². The summed E-state index contributed by atoms with van der Waals surface area (Å²) in [6.45, 7) is 7.05. The molecule has 1 fully saturated rings. The van der Waals surface area contributed by atoms with Gasteiger partial charge in [0.1, 0.15) is 11.9 Å². The van der Waals surface area contributed by atoms with E-state index in [0.29, 0.717) is 10.5 Å². The maximum absolute atomic E-state index is 11.5. The highest BCUT2D eigenvalue weighted by molar-refractivity contribution is 5.92. The Kier molecular flexibility index (Phi) is 5.42. The summed E-state index contributed by atoms with van der Waals surface area (Å²) in [7, 11) is 0. The van der Waals surface area contributed by atoms with Gasteiger partial charge in [0, 0.05) is 32.1 Å². The van der Waals surface area contributed by atoms with E-state index in [2.05, 4.69) is 20.6 Å². The monoisotopic (exact) mass is 336 g/mol. The Morgan fingerprint density at radius 3 is 2.62 bits per heavy atom. The molecule has 0 aromatic carbocycles. The third-order valence-corrected chi connectivity index (χ3v) is 3.50. The Bertz CT molecular complexity index is 588. The van der Waals surface area contributed by atoms with Gasteiger partial charge in [-0.15, -0.1) is 0 Å². The summed E-state index contributed by atoms with van der Waals surface area (Å²) in [6.07, 6.45) is 2.82. The van der Waals surface area contributed by atoms with Crippen LogP contribution in [0, 0.1) is 5.21 Å². The predicted molar refractivity (Wildman–Crippen MR) is 88.0 cm³/mol. The molecule has 1 amide bonds. The number of nitrogens with two attached hydrogens (primary N) is 1. The van der Waals surface area contributed by atoms with Crippen molar-refractivity contribution in [3.63, 3.8) is 0 Å². The van der Waals surface area contributed by atoms with Gasteiger partial charge in [0.2, 0.25) is 11.2 Å². The minimum Gasteiger partial charge on any atom is -0.569 e. The van der Waals surface area contributed by atoms with Gasteiger partial charge in [-0.05, 0) is 32.9 Å². The lowest BCUT2D eigenvalue weighted by atomic mass is 10.1. The number of nitrogens with zero attached hydrogens (tertiary/aromatic N) is 4. The molecule has 132 valence electrons. The average molecular weight is 336 g/mol. The van der Waals surface area contributed by atoms with Crippen molar-refractivity contribution < 1.29 is 14.6 Å². The summed E-state index contributed by atoms with van der Waals surface area (Å²) in [5.41, 5.74) is 7.85. The van der Waals surface area contributed by atoms with Crippen LogP contribution in [-0.4, -0.2) is 40.6 Å². The van der Waals surface area contributed by atoms with Crippen molar-refractivity contribution in [1.82, 2.24) is 10.4 Å². The predicted octanol–water partition coefficient (Wildman–Crippen LogP) is 1.35. The van der Waals surface area contributed by atoms with Gasteiger partial charge in [0.05, 0.1) is 16.1 Å². The lowest BCUT2D eigenvalue weighted by Crippen LogP contribution is -2.41. The second-order valence-electron chi connectivity index (χ2n) is 6.78. The molecule has 9 nitrogen and oxygen atoms in total. The van der Waals surface area contributed by atoms with Crippen molar-refractivity contribution in [2.24, 2.45) is 11.0 Å². The number of carbonyl (C=O) groups is 1. The zero-order chi connectivity index (χ0) is 17.7. The minimum atomic E-state index is -0.492. The SMILES string of the molecule is CC(C)(C)N/[N+]([O-])=N/OC1CCN(c2ccc(C(N)=O)cn2)CC1. The van der Waals surface area contributed by atoms with Crippen LogP contribution in [0.25, 0.3) is 0 Å². The van der Waals surface area contributed by atoms with Crippen LogP contribution >= 0.6 is 0 Å². The summed E-state index contributed by atoms with van der Waals surface area (Å²) >= 11 is 0. The van der Waals surface area contributed by atoms with Crippen LogP contribution in [0.4, 0.5) is 5.82 Å². The normalized spacial score (nSPS) is 16.8. The molecular weight excluding hydrogens is 312 g/mol. The molecule has 0 radical (unpaired) electrons. The molecular formula is C15H24N6O3. The van der Waals surface area contributed by atoms with E-state index >= 15 is 0 Å². The maximum atomic E-state index is 11.5. The number of anilines is 1. The average Bonchev–Trinajstić information content (AvgIpc) is 2.52. The number of carbonyl (C=O) groups excluding carboxylic acids is 1. The van der Waals surface area contributed by atoms with Gasteiger partial charge in [0.25, 0.3) is 0 Å². The molecule has 9 heteroatoms. The number of piperidine rings is 1. The Hall–Kier alpha value is -2.58. The topological polar surface area (TPSA) is 119 Å². The molecule has 0 spiro atoms. The highest BCUT2D eigenvalue weighted by atomic mass is 16.7. The quantitative estimate of drug-likeness (QED) is 0.476. The van der Waals surface area contributed by atoms with Crippen LogP contribution in [0.2, 0.25) is 0 Å². The van der Waals surface area contributed by atoms with Gasteiger partial charge in [-0.25, -0.2) is 4.98 Å². The smallest absolute Gasteiger partial charge is 0.250 e. The number of hydrogen-bond donors (Lipinski definition) is 2. The molecule has 0 bridgehead atoms. The molecule has 2 heterocycles. The summed E-state index contributed by atoms with van der Waals surface area (Å²) in [6, 6.07) is 3.44. The van der Waals surface area contributed by atoms with E-state index in [0.717, 1.165) is 31.7 Å². The first-order valence-electron chi connectivity index (χ1n) is 7.87. The van der Waals surface area contributed by atoms with E-state index in [-0.39, 0.29) is 11.6 Å². The number of hydrazine groups is 1. The fourth-order valence-corrected chi connectivity index (χ4v) is 2.33. The number of hydrogen-bond acceptors (Lipinski definition) is 6. The molecule has 1 aromatic rings. The molecule has 3 N–H and O–H groups in total. The molecule has 0 saturated carbocycles. The van der Waals surface area contributed by atoms with Gasteiger partial charge >= 0.3 is 0 Å². The van der Waals surface area contributed by atoms with Crippen molar-refractivity contribution in [3.05, 3.63) is 29.1 Å². The number of rotatable bonds is 5. The first-order chi connectivity index (χ1) is 11.2. The molecule has 1 aliphatic heterocycles. The Labute approximate surface area is 141 Å². The van der Waals surface area contributed by atoms with E-state index in [1.54, 1.807) is 12.1 Å². The van der Waals surface area contributed by atoms with Crippen molar-refractivity contribution in [2.45, 2.75) is 45.3 Å². The molecule has 1 aliphatic rings. The first-order valence-corrected chi connectivity index (χ1v) is 7.87. The van der Waals surface area contributed by atoms with Gasteiger partial charge in [0.15, 0.2) is 0 Å². The Morgan fingerprint density at radius 2 is 2.12 bits per heavy atom. The summed E-state index contributed by atoms with van der Waals surface area (Å²) < 4.78 is 0. The van der Waals surface area contributed by atoms with Crippen LogP contribution in [0.1, 0.15) is 44.0 Å². The standard InChI is InChI=1S/C15H24N6O3/c1-15(2,3)18-21(23)19-24-12-6-8-20(9-7-12)13-5-4-11(10-17-13)14(16)22/h4-5,10,12H,6-9H2,1-3H3,(H2,16,22)(H,18,19). The molecule has 0 unspecified atom stereocenters. The van der Waals surface area contributed by atoms with Gasteiger partial charge < -0.3 is 20.7 Å². The zero-order valence-corrected chi connectivity index (χ0v) is 14.2. The lowest BCUT2D eigenvalue weighted by Gasteiger charge is -2.31. The molecule has 0 atom stereocenters. The van der Waals surface area contributed by atoms with E-state index in [1.807, 2.05) is 20.8 Å². The number of pyridine rings is 1. The second-order valence-corrected chi connectivity index (χ2v) is 6.78. The number of aromatic nitrogens is 1. The molecule has 1 saturated heterocycles. The van der Waals surface area contributed by atoms with Gasteiger partial charge in [-0.2, -0.15) is 5.43 Å². The highest BCUT2D eigenvalue weighted by Gasteiger charge is 2.23. The largest absolute Gasteiger partial charge is 0.569 e. The molecule has 2 rings (SSSR count). The van der Waals surface area contributed by atoms with Crippen LogP contribution < -0.4 is 16.1 Å². The summed E-state index contributed by atoms with van der Waals surface area (Å²) in [5, 5.41) is 15.1. The van der Waals surface area contributed by atoms with Crippen molar-refractivity contribution in [3.8, 4) is 0 Å². The van der Waals surface area contributed by atoms with Crippen molar-refractivity contribution in [2.75, 3.05) is 18.0 Å². The number of nitrogens with one attached hydrogen (secondary N) is 1. The van der Waals surface area contributed by atoms with Crippen molar-refractivity contribution >= 4 is 11.7 Å². The Balaban J connectivity index is 1.83. The molecule has 1 aromatic heterocycles. The van der Waals surface area contributed by atoms with Crippen LogP contribution in [0.15, 0.2) is 23.6 Å². The highest BCUT2D eigenvalue weighted by Crippen LogP contribution is 2.20. The lowest BCUT2D eigenvalue weighted by molar-refractivity contribution is -0.626. The van der Waals surface area contributed by atoms with Crippen LogP contribution in [0.3, 0.4) is 0 Å².